The molecule has 0 aromatic heterocycles. The monoisotopic (exact) mass is 361 g/mol. The molecule has 0 N–H and O–H groups in total. The minimum absolute atomic E-state index is 0.00851. The Morgan fingerprint density at radius 2 is 1.54 bits per heavy atom. The zero-order chi connectivity index (χ0) is 18.5. The molecule has 4 bridgehead atoms. The van der Waals surface area contributed by atoms with Gasteiger partial charge in [-0.25, -0.2) is 0 Å². The number of ether oxygens (including phenoxy) is 1. The summed E-state index contributed by atoms with van der Waals surface area (Å²) in [5.74, 6) is 3.40. The van der Waals surface area contributed by atoms with Gasteiger partial charge < -0.3 is 9.64 Å². The van der Waals surface area contributed by atoms with E-state index in [4.69, 9.17) is 4.74 Å². The predicted molar refractivity (Wildman–Crippen MR) is 105 cm³/mol. The van der Waals surface area contributed by atoms with Gasteiger partial charge in [0.1, 0.15) is 5.60 Å². The van der Waals surface area contributed by atoms with Gasteiger partial charge in [-0.1, -0.05) is 27.7 Å². The van der Waals surface area contributed by atoms with Crippen molar-refractivity contribution >= 4 is 5.97 Å². The molecule has 5 aliphatic rings. The number of hydrogen-bond donors (Lipinski definition) is 0. The first-order valence-electron chi connectivity index (χ1n) is 11.2. The van der Waals surface area contributed by atoms with Gasteiger partial charge in [0.15, 0.2) is 0 Å². The third-order valence-electron chi connectivity index (χ3n) is 8.05. The zero-order valence-corrected chi connectivity index (χ0v) is 17.4. The minimum Gasteiger partial charge on any atom is -0.459 e. The molecule has 0 spiro atoms. The average molecular weight is 362 g/mol. The number of nitrogens with zero attached hydrogens (tertiary/aromatic N) is 1. The summed E-state index contributed by atoms with van der Waals surface area (Å²) in [7, 11) is 0. The van der Waals surface area contributed by atoms with Gasteiger partial charge in [-0.3, -0.25) is 4.79 Å². The first-order valence-corrected chi connectivity index (χ1v) is 11.2. The van der Waals surface area contributed by atoms with Crippen LogP contribution in [0.1, 0.15) is 79.1 Å². The van der Waals surface area contributed by atoms with Crippen LogP contribution in [-0.2, 0) is 9.53 Å². The number of likely N-dealkylation sites (tertiary alicyclic amines) is 1. The van der Waals surface area contributed by atoms with E-state index in [-0.39, 0.29) is 17.5 Å². The Morgan fingerprint density at radius 3 is 2.00 bits per heavy atom. The van der Waals surface area contributed by atoms with Gasteiger partial charge in [-0.2, -0.15) is 0 Å². The van der Waals surface area contributed by atoms with Gasteiger partial charge in [0, 0.05) is 6.54 Å². The third kappa shape index (κ3) is 3.84. The summed E-state index contributed by atoms with van der Waals surface area (Å²) in [5.41, 5.74) is 0.328. The van der Waals surface area contributed by atoms with Gasteiger partial charge in [0.25, 0.3) is 0 Å². The molecule has 4 aliphatic carbocycles. The average Bonchev–Trinajstić information content (AvgIpc) is 2.52. The SMILES string of the molecule is CC(CN1CCC(C(C)(C)C)CC1)C(=O)OC12CC3CC(CC(C3)C1)C2. The van der Waals surface area contributed by atoms with E-state index in [1.54, 1.807) is 0 Å². The fourth-order valence-electron chi connectivity index (χ4n) is 6.91. The maximum Gasteiger partial charge on any atom is 0.310 e. The Hall–Kier alpha value is -0.570. The van der Waals surface area contributed by atoms with Crippen molar-refractivity contribution in [3.63, 3.8) is 0 Å². The highest BCUT2D eigenvalue weighted by molar-refractivity contribution is 5.72. The summed E-state index contributed by atoms with van der Waals surface area (Å²) in [6.45, 7) is 12.3. The van der Waals surface area contributed by atoms with Gasteiger partial charge in [0.2, 0.25) is 0 Å². The number of esters is 1. The lowest BCUT2D eigenvalue weighted by Gasteiger charge is -2.55. The molecule has 0 radical (unpaired) electrons. The largest absolute Gasteiger partial charge is 0.459 e. The van der Waals surface area contributed by atoms with Crippen molar-refractivity contribution in [2.45, 2.75) is 84.7 Å². The van der Waals surface area contributed by atoms with Crippen molar-refractivity contribution in [3.05, 3.63) is 0 Å². The van der Waals surface area contributed by atoms with E-state index in [2.05, 4.69) is 32.6 Å². The zero-order valence-electron chi connectivity index (χ0n) is 17.4. The molecule has 1 saturated heterocycles. The molecule has 1 unspecified atom stereocenters. The summed E-state index contributed by atoms with van der Waals surface area (Å²) >= 11 is 0. The topological polar surface area (TPSA) is 29.5 Å². The van der Waals surface area contributed by atoms with Crippen LogP contribution in [0.15, 0.2) is 0 Å². The molecule has 5 fully saturated rings. The Kier molecular flexibility index (Phi) is 4.91. The van der Waals surface area contributed by atoms with E-state index in [0.29, 0.717) is 5.41 Å². The molecule has 1 heterocycles. The number of carbonyl (C=O) groups excluding carboxylic acids is 1. The van der Waals surface area contributed by atoms with Crippen molar-refractivity contribution in [3.8, 4) is 0 Å². The highest BCUT2D eigenvalue weighted by atomic mass is 16.6. The van der Waals surface area contributed by atoms with Crippen LogP contribution in [0, 0.1) is 35.0 Å². The second-order valence-electron chi connectivity index (χ2n) is 11.4. The number of carbonyl (C=O) groups is 1. The molecule has 0 amide bonds. The van der Waals surface area contributed by atoms with Gasteiger partial charge in [-0.15, -0.1) is 0 Å². The smallest absolute Gasteiger partial charge is 0.310 e. The second-order valence-corrected chi connectivity index (χ2v) is 11.4. The molecular formula is C23H39NO2. The van der Waals surface area contributed by atoms with Crippen LogP contribution < -0.4 is 0 Å². The maximum atomic E-state index is 12.9. The molecule has 5 rings (SSSR count). The van der Waals surface area contributed by atoms with Crippen molar-refractivity contribution < 1.29 is 9.53 Å². The Bertz CT molecular complexity index is 492. The summed E-state index contributed by atoms with van der Waals surface area (Å²) in [5, 5.41) is 0. The standard InChI is InChI=1S/C23H39NO2/c1-16(15-24-7-5-20(6-8-24)22(2,3)4)21(25)26-23-12-17-9-18(13-23)11-19(10-17)14-23/h16-20H,5-15H2,1-4H3. The molecule has 3 nitrogen and oxygen atoms in total. The van der Waals surface area contributed by atoms with Crippen LogP contribution in [0.25, 0.3) is 0 Å². The highest BCUT2D eigenvalue weighted by Gasteiger charge is 2.53. The summed E-state index contributed by atoms with van der Waals surface area (Å²) in [6.07, 6.45) is 10.2. The van der Waals surface area contributed by atoms with Crippen LogP contribution >= 0.6 is 0 Å². The maximum absolute atomic E-state index is 12.9. The molecule has 148 valence electrons. The van der Waals surface area contributed by atoms with E-state index >= 15 is 0 Å². The van der Waals surface area contributed by atoms with Crippen molar-refractivity contribution in [2.75, 3.05) is 19.6 Å². The van der Waals surface area contributed by atoms with E-state index in [0.717, 1.165) is 62.6 Å². The summed E-state index contributed by atoms with van der Waals surface area (Å²) in [6, 6.07) is 0. The minimum atomic E-state index is -0.0840. The normalized spacial score (nSPS) is 39.2. The number of rotatable bonds is 4. The first kappa shape index (κ1) is 18.8. The fourth-order valence-corrected chi connectivity index (χ4v) is 6.91. The summed E-state index contributed by atoms with van der Waals surface area (Å²) < 4.78 is 6.26. The highest BCUT2D eigenvalue weighted by Crippen LogP contribution is 2.57. The first-order chi connectivity index (χ1) is 12.2. The molecule has 3 heteroatoms. The van der Waals surface area contributed by atoms with Crippen LogP contribution in [0.5, 0.6) is 0 Å². The van der Waals surface area contributed by atoms with E-state index in [1.807, 2.05) is 0 Å². The second kappa shape index (κ2) is 6.79. The molecule has 4 saturated carbocycles. The number of hydrogen-bond acceptors (Lipinski definition) is 3. The molecule has 0 aromatic rings. The van der Waals surface area contributed by atoms with Crippen molar-refractivity contribution in [1.82, 2.24) is 4.90 Å². The molecule has 0 aromatic carbocycles. The predicted octanol–water partition coefficient (Wildman–Crippen LogP) is 4.89. The van der Waals surface area contributed by atoms with Gasteiger partial charge in [0.05, 0.1) is 5.92 Å². The molecule has 1 aliphatic heterocycles. The van der Waals surface area contributed by atoms with E-state index in [9.17, 15) is 4.79 Å². The number of piperidine rings is 1. The lowest BCUT2D eigenvalue weighted by Crippen LogP contribution is -2.53. The molecule has 1 atom stereocenters. The third-order valence-corrected chi connectivity index (χ3v) is 8.05. The van der Waals surface area contributed by atoms with E-state index < -0.39 is 0 Å². The van der Waals surface area contributed by atoms with Gasteiger partial charge in [-0.05, 0) is 93.5 Å². The lowest BCUT2D eigenvalue weighted by molar-refractivity contribution is -0.191. The van der Waals surface area contributed by atoms with Crippen LogP contribution in [-0.4, -0.2) is 36.1 Å². The van der Waals surface area contributed by atoms with Crippen LogP contribution in [0.4, 0.5) is 0 Å². The Balaban J connectivity index is 1.28. The van der Waals surface area contributed by atoms with Crippen LogP contribution in [0.3, 0.4) is 0 Å². The Morgan fingerprint density at radius 1 is 1.04 bits per heavy atom. The molecular weight excluding hydrogens is 322 g/mol. The van der Waals surface area contributed by atoms with Crippen molar-refractivity contribution in [2.24, 2.45) is 35.0 Å². The van der Waals surface area contributed by atoms with E-state index in [1.165, 1.54) is 32.1 Å². The quantitative estimate of drug-likeness (QED) is 0.668. The van der Waals surface area contributed by atoms with Gasteiger partial charge >= 0.3 is 5.97 Å². The lowest BCUT2D eigenvalue weighted by atomic mass is 9.54. The van der Waals surface area contributed by atoms with Crippen molar-refractivity contribution in [1.29, 1.82) is 0 Å². The fraction of sp³-hybridized carbons (Fsp3) is 0.957. The Labute approximate surface area is 160 Å². The summed E-state index contributed by atoms with van der Waals surface area (Å²) in [4.78, 5) is 15.4. The molecule has 26 heavy (non-hydrogen) atoms. The van der Waals surface area contributed by atoms with Crippen LogP contribution in [0.2, 0.25) is 0 Å².